The summed E-state index contributed by atoms with van der Waals surface area (Å²) in [5.74, 6) is 0.511. The van der Waals surface area contributed by atoms with Crippen LogP contribution in [0.2, 0.25) is 0 Å². The van der Waals surface area contributed by atoms with Crippen LogP contribution in [0.15, 0.2) is 53.0 Å². The third-order valence-electron chi connectivity index (χ3n) is 2.82. The van der Waals surface area contributed by atoms with Crippen molar-refractivity contribution in [1.29, 1.82) is 0 Å². The minimum Gasteiger partial charge on any atom is -0.455 e. The zero-order valence-corrected chi connectivity index (χ0v) is 9.95. The van der Waals surface area contributed by atoms with Crippen molar-refractivity contribution < 1.29 is 4.42 Å². The molecule has 3 rings (SSSR count). The summed E-state index contributed by atoms with van der Waals surface area (Å²) in [7, 11) is 0. The molecule has 0 spiro atoms. The monoisotopic (exact) mass is 242 g/mol. The molecule has 0 N–H and O–H groups in total. The van der Waals surface area contributed by atoms with Crippen molar-refractivity contribution in [2.75, 3.05) is 5.88 Å². The standard InChI is InChI=1S/C15H11ClO/c16-10-4-6-11-5-3-8-13-12-7-1-2-9-14(12)17-15(11)13/h1-9H,10H2. The second-order valence-electron chi connectivity index (χ2n) is 3.88. The van der Waals surface area contributed by atoms with Gasteiger partial charge in [0.15, 0.2) is 0 Å². The van der Waals surface area contributed by atoms with Crippen LogP contribution in [-0.4, -0.2) is 5.88 Å². The SMILES string of the molecule is ClCC=Cc1cccc2c1oc1ccccc12. The molecule has 2 heteroatoms. The van der Waals surface area contributed by atoms with Crippen molar-refractivity contribution in [2.24, 2.45) is 0 Å². The smallest absolute Gasteiger partial charge is 0.142 e. The van der Waals surface area contributed by atoms with Crippen LogP contribution >= 0.6 is 11.6 Å². The normalized spacial score (nSPS) is 11.8. The largest absolute Gasteiger partial charge is 0.455 e. The first kappa shape index (κ1) is 10.4. The van der Waals surface area contributed by atoms with Gasteiger partial charge in [0, 0.05) is 22.2 Å². The highest BCUT2D eigenvalue weighted by Gasteiger charge is 2.07. The number of benzene rings is 2. The Morgan fingerprint density at radius 1 is 1.00 bits per heavy atom. The molecule has 0 fully saturated rings. The van der Waals surface area contributed by atoms with Crippen LogP contribution in [0.3, 0.4) is 0 Å². The Kier molecular flexibility index (Phi) is 2.62. The van der Waals surface area contributed by atoms with Crippen molar-refractivity contribution in [3.05, 3.63) is 54.1 Å². The summed E-state index contributed by atoms with van der Waals surface area (Å²) >= 11 is 5.66. The molecule has 0 aliphatic heterocycles. The number of para-hydroxylation sites is 2. The Labute approximate surface area is 104 Å². The van der Waals surface area contributed by atoms with E-state index in [2.05, 4.69) is 12.1 Å². The zero-order chi connectivity index (χ0) is 11.7. The molecule has 0 aliphatic carbocycles. The molecule has 1 heterocycles. The molecule has 0 saturated carbocycles. The van der Waals surface area contributed by atoms with Crippen molar-refractivity contribution in [1.82, 2.24) is 0 Å². The number of furan rings is 1. The highest BCUT2D eigenvalue weighted by atomic mass is 35.5. The van der Waals surface area contributed by atoms with Crippen LogP contribution in [0.5, 0.6) is 0 Å². The van der Waals surface area contributed by atoms with Gasteiger partial charge in [-0.3, -0.25) is 0 Å². The topological polar surface area (TPSA) is 13.1 Å². The Hall–Kier alpha value is -1.73. The molecule has 84 valence electrons. The van der Waals surface area contributed by atoms with Crippen molar-refractivity contribution in [3.8, 4) is 0 Å². The lowest BCUT2D eigenvalue weighted by molar-refractivity contribution is 0.668. The van der Waals surface area contributed by atoms with Crippen molar-refractivity contribution in [2.45, 2.75) is 0 Å². The Balaban J connectivity index is 2.35. The predicted octanol–water partition coefficient (Wildman–Crippen LogP) is 4.84. The van der Waals surface area contributed by atoms with E-state index >= 15 is 0 Å². The van der Waals surface area contributed by atoms with Gasteiger partial charge in [0.2, 0.25) is 0 Å². The minimum atomic E-state index is 0.511. The number of alkyl halides is 1. The Morgan fingerprint density at radius 3 is 2.71 bits per heavy atom. The lowest BCUT2D eigenvalue weighted by Crippen LogP contribution is -1.73. The number of halogens is 1. The molecule has 0 saturated heterocycles. The number of hydrogen-bond donors (Lipinski definition) is 0. The molecular weight excluding hydrogens is 232 g/mol. The molecule has 2 aromatic carbocycles. The van der Waals surface area contributed by atoms with E-state index in [1.165, 1.54) is 0 Å². The van der Waals surface area contributed by atoms with Crippen LogP contribution in [0.4, 0.5) is 0 Å². The molecule has 0 atom stereocenters. The second kappa shape index (κ2) is 4.27. The zero-order valence-electron chi connectivity index (χ0n) is 9.19. The summed E-state index contributed by atoms with van der Waals surface area (Å²) in [5, 5.41) is 2.31. The first-order valence-electron chi connectivity index (χ1n) is 5.53. The van der Waals surface area contributed by atoms with Gasteiger partial charge in [-0.1, -0.05) is 48.6 Å². The van der Waals surface area contributed by atoms with E-state index in [0.29, 0.717) is 5.88 Å². The molecular formula is C15H11ClO. The summed E-state index contributed by atoms with van der Waals surface area (Å²) in [6, 6.07) is 14.2. The number of fused-ring (bicyclic) bond motifs is 3. The lowest BCUT2D eigenvalue weighted by atomic mass is 10.1. The van der Waals surface area contributed by atoms with Crippen LogP contribution in [-0.2, 0) is 0 Å². The maximum atomic E-state index is 5.89. The molecule has 1 aromatic heterocycles. The van der Waals surface area contributed by atoms with Gasteiger partial charge in [0.25, 0.3) is 0 Å². The fraction of sp³-hybridized carbons (Fsp3) is 0.0667. The average Bonchev–Trinajstić information content (AvgIpc) is 2.75. The third kappa shape index (κ3) is 1.73. The van der Waals surface area contributed by atoms with E-state index in [9.17, 15) is 0 Å². The van der Waals surface area contributed by atoms with Gasteiger partial charge in [-0.15, -0.1) is 11.6 Å². The molecule has 0 bridgehead atoms. The molecule has 1 nitrogen and oxygen atoms in total. The van der Waals surface area contributed by atoms with E-state index < -0.39 is 0 Å². The van der Waals surface area contributed by atoms with Crippen LogP contribution < -0.4 is 0 Å². The Morgan fingerprint density at radius 2 is 1.82 bits per heavy atom. The van der Waals surface area contributed by atoms with Gasteiger partial charge in [0.05, 0.1) is 0 Å². The molecule has 0 amide bonds. The summed E-state index contributed by atoms with van der Waals surface area (Å²) in [4.78, 5) is 0. The van der Waals surface area contributed by atoms with Crippen LogP contribution in [0.1, 0.15) is 5.56 Å². The molecule has 0 radical (unpaired) electrons. The minimum absolute atomic E-state index is 0.511. The summed E-state index contributed by atoms with van der Waals surface area (Å²) in [6.45, 7) is 0. The van der Waals surface area contributed by atoms with E-state index in [0.717, 1.165) is 27.5 Å². The van der Waals surface area contributed by atoms with Crippen LogP contribution in [0, 0.1) is 0 Å². The van der Waals surface area contributed by atoms with E-state index in [1.807, 2.05) is 42.5 Å². The maximum Gasteiger partial charge on any atom is 0.142 e. The van der Waals surface area contributed by atoms with E-state index in [1.54, 1.807) is 0 Å². The summed E-state index contributed by atoms with van der Waals surface area (Å²) < 4.78 is 5.89. The van der Waals surface area contributed by atoms with Gasteiger partial charge in [0.1, 0.15) is 11.2 Å². The fourth-order valence-electron chi connectivity index (χ4n) is 2.07. The van der Waals surface area contributed by atoms with Gasteiger partial charge in [-0.05, 0) is 6.07 Å². The number of rotatable bonds is 2. The van der Waals surface area contributed by atoms with Crippen molar-refractivity contribution >= 4 is 39.6 Å². The molecule has 0 aliphatic rings. The number of hydrogen-bond acceptors (Lipinski definition) is 1. The van der Waals surface area contributed by atoms with Gasteiger partial charge in [-0.25, -0.2) is 0 Å². The predicted molar refractivity (Wildman–Crippen MR) is 73.5 cm³/mol. The summed E-state index contributed by atoms with van der Waals surface area (Å²) in [5.41, 5.74) is 2.92. The van der Waals surface area contributed by atoms with Gasteiger partial charge in [-0.2, -0.15) is 0 Å². The maximum absolute atomic E-state index is 5.89. The van der Waals surface area contributed by atoms with Crippen molar-refractivity contribution in [3.63, 3.8) is 0 Å². The average molecular weight is 243 g/mol. The number of allylic oxidation sites excluding steroid dienone is 1. The highest BCUT2D eigenvalue weighted by molar-refractivity contribution is 6.19. The lowest BCUT2D eigenvalue weighted by Gasteiger charge is -1.94. The second-order valence-corrected chi connectivity index (χ2v) is 4.19. The molecule has 3 aromatic rings. The van der Waals surface area contributed by atoms with Gasteiger partial charge < -0.3 is 4.42 Å². The first-order chi connectivity index (χ1) is 8.40. The van der Waals surface area contributed by atoms with Crippen LogP contribution in [0.25, 0.3) is 28.0 Å². The van der Waals surface area contributed by atoms with E-state index in [-0.39, 0.29) is 0 Å². The first-order valence-corrected chi connectivity index (χ1v) is 6.06. The fourth-order valence-corrected chi connectivity index (χ4v) is 2.16. The molecule has 0 unspecified atom stereocenters. The highest BCUT2D eigenvalue weighted by Crippen LogP contribution is 2.31. The third-order valence-corrected chi connectivity index (χ3v) is 3.00. The molecule has 17 heavy (non-hydrogen) atoms. The summed E-state index contributed by atoms with van der Waals surface area (Å²) in [6.07, 6.45) is 3.92. The Bertz CT molecular complexity index is 694. The van der Waals surface area contributed by atoms with Gasteiger partial charge >= 0.3 is 0 Å². The van der Waals surface area contributed by atoms with E-state index in [4.69, 9.17) is 16.0 Å². The quantitative estimate of drug-likeness (QED) is 0.586.